The number of carbonyl (C=O) groups excluding carboxylic acids is 1. The van der Waals surface area contributed by atoms with Gasteiger partial charge < -0.3 is 4.90 Å². The van der Waals surface area contributed by atoms with Gasteiger partial charge in [-0.1, -0.05) is 43.5 Å². The maximum absolute atomic E-state index is 12.2. The Morgan fingerprint density at radius 3 is 2.80 bits per heavy atom. The van der Waals surface area contributed by atoms with Gasteiger partial charge in [0.2, 0.25) is 5.91 Å². The molecule has 0 aromatic heterocycles. The van der Waals surface area contributed by atoms with Crippen molar-refractivity contribution in [2.24, 2.45) is 0 Å². The molecule has 1 N–H and O–H groups in total. The average Bonchev–Trinajstić information content (AvgIpc) is 2.78. The number of unbranched alkanes of at least 4 members (excludes halogenated alkanes) is 1. The van der Waals surface area contributed by atoms with Crippen LogP contribution in [0.15, 0.2) is 18.2 Å². The van der Waals surface area contributed by atoms with Crippen molar-refractivity contribution in [2.45, 2.75) is 59.2 Å². The third kappa shape index (κ3) is 3.04. The molecule has 1 aromatic carbocycles. The fourth-order valence-electron chi connectivity index (χ4n) is 3.05. The Morgan fingerprint density at radius 1 is 1.40 bits per heavy atom. The Kier molecular flexibility index (Phi) is 4.81. The van der Waals surface area contributed by atoms with Crippen LogP contribution in [0.2, 0.25) is 0 Å². The molecule has 110 valence electrons. The first-order valence-corrected chi connectivity index (χ1v) is 7.66. The van der Waals surface area contributed by atoms with E-state index in [1.807, 2.05) is 4.90 Å². The molecule has 1 saturated heterocycles. The predicted molar refractivity (Wildman–Crippen MR) is 82.5 cm³/mol. The van der Waals surface area contributed by atoms with Crippen molar-refractivity contribution in [3.8, 4) is 0 Å². The lowest BCUT2D eigenvalue weighted by molar-refractivity contribution is -0.130. The highest BCUT2D eigenvalue weighted by Gasteiger charge is 2.35. The molecule has 0 aliphatic carbocycles. The van der Waals surface area contributed by atoms with Crippen LogP contribution in [0.3, 0.4) is 0 Å². The van der Waals surface area contributed by atoms with Crippen molar-refractivity contribution < 1.29 is 4.79 Å². The average molecular weight is 274 g/mol. The second kappa shape index (κ2) is 6.40. The van der Waals surface area contributed by atoms with Gasteiger partial charge in [-0.2, -0.15) is 0 Å². The molecule has 0 spiro atoms. The molecule has 1 amide bonds. The zero-order valence-corrected chi connectivity index (χ0v) is 13.1. The minimum absolute atomic E-state index is 0.0370. The molecule has 2 unspecified atom stereocenters. The van der Waals surface area contributed by atoms with Crippen LogP contribution in [0.1, 0.15) is 56.0 Å². The molecule has 1 aliphatic rings. The quantitative estimate of drug-likeness (QED) is 0.893. The lowest BCUT2D eigenvalue weighted by Gasteiger charge is -2.31. The number of nitrogens with one attached hydrogen (secondary N) is 1. The van der Waals surface area contributed by atoms with E-state index in [4.69, 9.17) is 0 Å². The molecule has 20 heavy (non-hydrogen) atoms. The molecule has 2 rings (SSSR count). The van der Waals surface area contributed by atoms with Gasteiger partial charge in [-0.05, 0) is 38.3 Å². The molecular formula is C17H26N2O. The first-order chi connectivity index (χ1) is 9.54. The van der Waals surface area contributed by atoms with E-state index in [1.165, 1.54) is 29.5 Å². The van der Waals surface area contributed by atoms with E-state index in [0.717, 1.165) is 6.42 Å². The molecule has 1 fully saturated rings. The van der Waals surface area contributed by atoms with Gasteiger partial charge in [0.15, 0.2) is 0 Å². The second-order valence-electron chi connectivity index (χ2n) is 5.94. The van der Waals surface area contributed by atoms with Crippen molar-refractivity contribution in [2.75, 3.05) is 6.54 Å². The maximum Gasteiger partial charge on any atom is 0.238 e. The van der Waals surface area contributed by atoms with Crippen LogP contribution >= 0.6 is 0 Å². The summed E-state index contributed by atoms with van der Waals surface area (Å²) in [6.07, 6.45) is 3.46. The number of rotatable bonds is 5. The molecule has 1 heterocycles. The minimum atomic E-state index is 0.0370. The smallest absolute Gasteiger partial charge is 0.238 e. The Bertz CT molecular complexity index is 484. The van der Waals surface area contributed by atoms with Crippen LogP contribution in [0.4, 0.5) is 0 Å². The molecule has 1 aliphatic heterocycles. The molecular weight excluding hydrogens is 248 g/mol. The van der Waals surface area contributed by atoms with Crippen LogP contribution in [0, 0.1) is 13.8 Å². The summed E-state index contributed by atoms with van der Waals surface area (Å²) in [5.74, 6) is 0.221. The summed E-state index contributed by atoms with van der Waals surface area (Å²) in [5.41, 5.74) is 3.75. The van der Waals surface area contributed by atoms with E-state index in [1.54, 1.807) is 0 Å². The Labute approximate surface area is 122 Å². The van der Waals surface area contributed by atoms with Gasteiger partial charge in [-0.25, -0.2) is 0 Å². The summed E-state index contributed by atoms with van der Waals surface area (Å²) in [6, 6.07) is 6.76. The zero-order chi connectivity index (χ0) is 14.7. The van der Waals surface area contributed by atoms with Crippen LogP contribution in [0.5, 0.6) is 0 Å². The molecule has 1 aromatic rings. The summed E-state index contributed by atoms with van der Waals surface area (Å²) in [6.45, 7) is 9.04. The Hall–Kier alpha value is -1.35. The number of carbonyl (C=O) groups is 1. The minimum Gasteiger partial charge on any atom is -0.319 e. The highest BCUT2D eigenvalue weighted by Crippen LogP contribution is 2.29. The number of aryl methyl sites for hydroxylation is 2. The topological polar surface area (TPSA) is 32.3 Å². The van der Waals surface area contributed by atoms with Gasteiger partial charge in [0.1, 0.15) is 6.17 Å². The number of hydrogen-bond donors (Lipinski definition) is 1. The van der Waals surface area contributed by atoms with E-state index in [2.05, 4.69) is 51.2 Å². The first kappa shape index (κ1) is 15.0. The molecule has 3 heteroatoms. The van der Waals surface area contributed by atoms with Crippen LogP contribution in [-0.2, 0) is 4.79 Å². The highest BCUT2D eigenvalue weighted by molar-refractivity contribution is 5.81. The number of amides is 1. The van der Waals surface area contributed by atoms with Crippen molar-refractivity contribution in [3.63, 3.8) is 0 Å². The van der Waals surface area contributed by atoms with E-state index < -0.39 is 0 Å². The third-order valence-corrected chi connectivity index (χ3v) is 4.18. The lowest BCUT2D eigenvalue weighted by Crippen LogP contribution is -2.38. The SMILES string of the molecule is CCCCC(C)N1C(=O)CNC1c1ccc(C)cc1C. The lowest BCUT2D eigenvalue weighted by atomic mass is 10.0. The maximum atomic E-state index is 12.2. The summed E-state index contributed by atoms with van der Waals surface area (Å²) in [5, 5.41) is 3.37. The fourth-order valence-corrected chi connectivity index (χ4v) is 3.05. The molecule has 0 saturated carbocycles. The predicted octanol–water partition coefficient (Wildman–Crippen LogP) is 3.31. The van der Waals surface area contributed by atoms with Crippen molar-refractivity contribution in [3.05, 3.63) is 34.9 Å². The van der Waals surface area contributed by atoms with Crippen molar-refractivity contribution in [1.82, 2.24) is 10.2 Å². The highest BCUT2D eigenvalue weighted by atomic mass is 16.2. The fraction of sp³-hybridized carbons (Fsp3) is 0.588. The van der Waals surface area contributed by atoms with Gasteiger partial charge in [-0.15, -0.1) is 0 Å². The van der Waals surface area contributed by atoms with E-state index in [9.17, 15) is 4.79 Å². The third-order valence-electron chi connectivity index (χ3n) is 4.18. The van der Waals surface area contributed by atoms with Gasteiger partial charge >= 0.3 is 0 Å². The number of nitrogens with zero attached hydrogens (tertiary/aromatic N) is 1. The van der Waals surface area contributed by atoms with Gasteiger partial charge in [0, 0.05) is 6.04 Å². The van der Waals surface area contributed by atoms with Crippen LogP contribution in [0.25, 0.3) is 0 Å². The summed E-state index contributed by atoms with van der Waals surface area (Å²) in [7, 11) is 0. The second-order valence-corrected chi connectivity index (χ2v) is 5.94. The Morgan fingerprint density at radius 2 is 2.15 bits per heavy atom. The Balaban J connectivity index is 2.23. The van der Waals surface area contributed by atoms with Crippen molar-refractivity contribution >= 4 is 5.91 Å². The van der Waals surface area contributed by atoms with E-state index in [-0.39, 0.29) is 12.1 Å². The standard InChI is InChI=1S/C17H26N2O/c1-5-6-7-14(4)19-16(20)11-18-17(19)15-9-8-12(2)10-13(15)3/h8-10,14,17-18H,5-7,11H2,1-4H3. The monoisotopic (exact) mass is 274 g/mol. The largest absolute Gasteiger partial charge is 0.319 e. The van der Waals surface area contributed by atoms with Gasteiger partial charge in [0.05, 0.1) is 6.54 Å². The zero-order valence-electron chi connectivity index (χ0n) is 13.1. The molecule has 0 radical (unpaired) electrons. The molecule has 3 nitrogen and oxygen atoms in total. The summed E-state index contributed by atoms with van der Waals surface area (Å²) in [4.78, 5) is 14.2. The number of benzene rings is 1. The van der Waals surface area contributed by atoms with Crippen molar-refractivity contribution in [1.29, 1.82) is 0 Å². The first-order valence-electron chi connectivity index (χ1n) is 7.66. The normalized spacial score (nSPS) is 20.5. The van der Waals surface area contributed by atoms with Crippen LogP contribution < -0.4 is 5.32 Å². The van der Waals surface area contributed by atoms with E-state index in [0.29, 0.717) is 12.6 Å². The molecule has 0 bridgehead atoms. The summed E-state index contributed by atoms with van der Waals surface area (Å²) < 4.78 is 0. The molecule has 2 atom stereocenters. The number of hydrogen-bond acceptors (Lipinski definition) is 2. The summed E-state index contributed by atoms with van der Waals surface area (Å²) >= 11 is 0. The van der Waals surface area contributed by atoms with Gasteiger partial charge in [0.25, 0.3) is 0 Å². The van der Waals surface area contributed by atoms with Crippen LogP contribution in [-0.4, -0.2) is 23.4 Å². The van der Waals surface area contributed by atoms with E-state index >= 15 is 0 Å². The van der Waals surface area contributed by atoms with Gasteiger partial charge in [-0.3, -0.25) is 10.1 Å².